The van der Waals surface area contributed by atoms with Crippen molar-refractivity contribution in [2.45, 2.75) is 104 Å². The van der Waals surface area contributed by atoms with Crippen molar-refractivity contribution in [3.8, 4) is 43.4 Å². The Balaban J connectivity index is 0.000000179. The number of halogens is 2. The number of likely N-dealkylation sites (tertiary alicyclic amines) is 1. The molecule has 0 unspecified atom stereocenters. The number of aliphatic carboxylic acids is 2. The van der Waals surface area contributed by atoms with E-state index < -0.39 is 35.3 Å². The number of thiazole rings is 2. The third kappa shape index (κ3) is 12.5. The zero-order chi connectivity index (χ0) is 61.3. The van der Waals surface area contributed by atoms with Crippen LogP contribution in [0.25, 0.3) is 91.5 Å². The van der Waals surface area contributed by atoms with Crippen LogP contribution in [0.2, 0.25) is 10.0 Å². The van der Waals surface area contributed by atoms with E-state index in [2.05, 4.69) is 70.7 Å². The van der Waals surface area contributed by atoms with Gasteiger partial charge in [0.25, 0.3) is 0 Å². The lowest BCUT2D eigenvalue weighted by Crippen LogP contribution is -2.29. The van der Waals surface area contributed by atoms with Crippen LogP contribution in [-0.4, -0.2) is 112 Å². The number of piperidine rings is 1. The Kier molecular flexibility index (Phi) is 17.0. The van der Waals surface area contributed by atoms with Gasteiger partial charge in [0.1, 0.15) is 21.3 Å². The molecule has 0 radical (unpaired) electrons. The Labute approximate surface area is 519 Å². The molecular formula is C68H72Cl2N8O6S2. The molecule has 2 aliphatic heterocycles. The van der Waals surface area contributed by atoms with Gasteiger partial charge in [-0.15, -0.1) is 22.7 Å². The maximum atomic E-state index is 12.7. The van der Waals surface area contributed by atoms with Crippen LogP contribution in [0, 0.1) is 13.8 Å². The van der Waals surface area contributed by atoms with Crippen molar-refractivity contribution in [1.82, 2.24) is 38.9 Å². The number of fused-ring (bicyclic) bond motifs is 4. The van der Waals surface area contributed by atoms with Gasteiger partial charge >= 0.3 is 11.9 Å². The third-order valence-electron chi connectivity index (χ3n) is 16.1. The van der Waals surface area contributed by atoms with Gasteiger partial charge in [0.15, 0.2) is 12.2 Å². The maximum absolute atomic E-state index is 12.7. The van der Waals surface area contributed by atoms with E-state index in [0.29, 0.717) is 27.1 Å². The van der Waals surface area contributed by atoms with Gasteiger partial charge in [-0.25, -0.2) is 29.5 Å². The first-order valence-electron chi connectivity index (χ1n) is 29.0. The minimum absolute atomic E-state index is 0.504. The molecule has 4 aromatic carbocycles. The van der Waals surface area contributed by atoms with Crippen LogP contribution in [0.1, 0.15) is 112 Å². The number of benzene rings is 4. The van der Waals surface area contributed by atoms with Gasteiger partial charge in [0.2, 0.25) is 0 Å². The number of carboxylic acids is 2. The highest BCUT2D eigenvalue weighted by molar-refractivity contribution is 7.22. The second-order valence-corrected chi connectivity index (χ2v) is 27.8. The summed E-state index contributed by atoms with van der Waals surface area (Å²) in [6.45, 7) is 19.2. The minimum Gasteiger partial charge on any atom is -0.479 e. The standard InChI is InChI=1S/C34H37ClN4O3S.C34H35ClN4O3S/c2*1-19-15-26-30(28(21-7-9-23(35)10-8-21)27(19)29(33(40)41)42-34(2,3)4)43-32(37-26)22-16-24-25(18-39(6)31(24)36-17-22)20-11-13-38(5)14-12-20/h7-10,15-18,20,29H,11-14H2,1-6H3,(H,40,41);7-11,15-18,29H,12-14H2,1-6H3,(H,40,41)/t2*29-/m00/s1. The van der Waals surface area contributed by atoms with E-state index in [4.69, 9.17) is 52.6 Å². The number of nitrogens with zero attached hydrogens (tertiary/aromatic N) is 8. The number of rotatable bonds is 12. The highest BCUT2D eigenvalue weighted by Gasteiger charge is 2.35. The molecule has 14 nitrogen and oxygen atoms in total. The zero-order valence-corrected chi connectivity index (χ0v) is 53.8. The largest absolute Gasteiger partial charge is 0.479 e. The lowest BCUT2D eigenvalue weighted by Gasteiger charge is -2.28. The highest BCUT2D eigenvalue weighted by atomic mass is 35.5. The van der Waals surface area contributed by atoms with E-state index in [9.17, 15) is 19.8 Å². The highest BCUT2D eigenvalue weighted by Crippen LogP contribution is 2.48. The molecular weight excluding hydrogens is 1160 g/mol. The number of aryl methyl sites for hydroxylation is 4. The van der Waals surface area contributed by atoms with Crippen LogP contribution < -0.4 is 0 Å². The number of hydrogen-bond acceptors (Lipinski definition) is 12. The monoisotopic (exact) mass is 1230 g/mol. The summed E-state index contributed by atoms with van der Waals surface area (Å²) in [7, 11) is 8.42. The number of ether oxygens (including phenoxy) is 2. The summed E-state index contributed by atoms with van der Waals surface area (Å²) >= 11 is 15.6. The lowest BCUT2D eigenvalue weighted by atomic mass is 9.89. The molecule has 0 saturated carbocycles. The van der Waals surface area contributed by atoms with Gasteiger partial charge in [-0.1, -0.05) is 53.5 Å². The fourth-order valence-corrected chi connectivity index (χ4v) is 14.5. The third-order valence-corrected chi connectivity index (χ3v) is 18.9. The fraction of sp³-hybridized carbons (Fsp3) is 0.353. The molecule has 2 N–H and O–H groups in total. The van der Waals surface area contributed by atoms with Crippen LogP contribution in [-0.2, 0) is 33.2 Å². The summed E-state index contributed by atoms with van der Waals surface area (Å²) in [5.41, 5.74) is 14.2. The van der Waals surface area contributed by atoms with Crippen molar-refractivity contribution < 1.29 is 29.3 Å². The lowest BCUT2D eigenvalue weighted by molar-refractivity contribution is -0.161. The van der Waals surface area contributed by atoms with Gasteiger partial charge in [0.05, 0.1) is 31.6 Å². The van der Waals surface area contributed by atoms with E-state index in [0.717, 1.165) is 137 Å². The number of aromatic nitrogens is 6. The Morgan fingerprint density at radius 3 is 1.51 bits per heavy atom. The summed E-state index contributed by atoms with van der Waals surface area (Å²) in [5, 5.41) is 25.9. The molecule has 446 valence electrons. The summed E-state index contributed by atoms with van der Waals surface area (Å²) in [6.07, 6.45) is 11.5. The van der Waals surface area contributed by atoms with Crippen LogP contribution in [0.3, 0.4) is 0 Å². The van der Waals surface area contributed by atoms with Crippen molar-refractivity contribution in [2.24, 2.45) is 14.1 Å². The number of carbonyl (C=O) groups is 2. The fourth-order valence-electron chi connectivity index (χ4n) is 12.0. The van der Waals surface area contributed by atoms with Crippen molar-refractivity contribution in [3.63, 3.8) is 0 Å². The molecule has 8 heterocycles. The normalized spacial score (nSPS) is 15.6. The average Bonchev–Trinajstić information content (AvgIpc) is 1.68. The van der Waals surface area contributed by atoms with E-state index >= 15 is 0 Å². The van der Waals surface area contributed by atoms with E-state index in [1.807, 2.05) is 135 Å². The maximum Gasteiger partial charge on any atom is 0.337 e. The van der Waals surface area contributed by atoms with Gasteiger partial charge in [-0.2, -0.15) is 0 Å². The van der Waals surface area contributed by atoms with Crippen LogP contribution in [0.4, 0.5) is 0 Å². The molecule has 12 rings (SSSR count). The Bertz CT molecular complexity index is 4280. The Morgan fingerprint density at radius 2 is 1.07 bits per heavy atom. The number of likely N-dealkylation sites (N-methyl/N-ethyl adjacent to an activating group) is 1. The van der Waals surface area contributed by atoms with Gasteiger partial charge in [-0.3, -0.25) is 0 Å². The Morgan fingerprint density at radius 1 is 0.616 bits per heavy atom. The molecule has 1 fully saturated rings. The first-order chi connectivity index (χ1) is 40.8. The molecule has 10 aromatic rings. The second kappa shape index (κ2) is 24.0. The smallest absolute Gasteiger partial charge is 0.337 e. The molecule has 18 heteroatoms. The zero-order valence-electron chi connectivity index (χ0n) is 50.7. The number of pyridine rings is 2. The average molecular weight is 1230 g/mol. The molecule has 0 aliphatic carbocycles. The topological polar surface area (TPSA) is 161 Å². The first-order valence-corrected chi connectivity index (χ1v) is 31.4. The van der Waals surface area contributed by atoms with Crippen molar-refractivity contribution in [1.29, 1.82) is 0 Å². The van der Waals surface area contributed by atoms with Crippen LogP contribution in [0.5, 0.6) is 0 Å². The molecule has 0 amide bonds. The van der Waals surface area contributed by atoms with Crippen LogP contribution in [0.15, 0.2) is 104 Å². The molecule has 1 saturated heterocycles. The van der Waals surface area contributed by atoms with Gasteiger partial charge in [-0.05, 0) is 190 Å². The van der Waals surface area contributed by atoms with Gasteiger partial charge < -0.3 is 38.6 Å². The molecule has 6 aromatic heterocycles. The molecule has 0 bridgehead atoms. The van der Waals surface area contributed by atoms with Gasteiger partial charge in [0, 0.05) is 112 Å². The van der Waals surface area contributed by atoms with Crippen molar-refractivity contribution in [2.75, 3.05) is 40.3 Å². The second-order valence-electron chi connectivity index (χ2n) is 25.0. The van der Waals surface area contributed by atoms with E-state index in [1.165, 1.54) is 22.1 Å². The van der Waals surface area contributed by atoms with E-state index in [-0.39, 0.29) is 0 Å². The summed E-state index contributed by atoms with van der Waals surface area (Å²) in [6, 6.07) is 23.4. The quantitative estimate of drug-likeness (QED) is 0.119. The summed E-state index contributed by atoms with van der Waals surface area (Å²) in [4.78, 5) is 49.9. The SMILES string of the molecule is Cc1cc2nc(-c3cnc4c(c3)c(C3=CCN(C)CC3)cn4C)sc2c(-c2ccc(Cl)cc2)c1[C@H](OC(C)(C)C)C(=O)O.Cc1cc2nc(-c3cnc4c(c3)c(C3CCN(C)CC3)cn4C)sc2c(-c2ccc(Cl)cc2)c1[C@H](OC(C)(C)C)C(=O)O. The predicted molar refractivity (Wildman–Crippen MR) is 351 cm³/mol. The van der Waals surface area contributed by atoms with Crippen molar-refractivity contribution in [3.05, 3.63) is 147 Å². The molecule has 2 aliphatic rings. The molecule has 2 atom stereocenters. The number of carboxylic acid groups (broad SMARTS) is 2. The van der Waals surface area contributed by atoms with E-state index in [1.54, 1.807) is 22.7 Å². The summed E-state index contributed by atoms with van der Waals surface area (Å²) in [5.74, 6) is -1.56. The molecule has 0 spiro atoms. The minimum atomic E-state index is -1.16. The van der Waals surface area contributed by atoms with Crippen LogP contribution >= 0.6 is 45.9 Å². The van der Waals surface area contributed by atoms with Crippen molar-refractivity contribution >= 4 is 106 Å². The molecule has 86 heavy (non-hydrogen) atoms. The first kappa shape index (κ1) is 60.8. The Hall–Kier alpha value is -6.86. The number of hydrogen-bond donors (Lipinski definition) is 2. The predicted octanol–water partition coefficient (Wildman–Crippen LogP) is 16.4. The summed E-state index contributed by atoms with van der Waals surface area (Å²) < 4.78 is 18.3.